The van der Waals surface area contributed by atoms with Gasteiger partial charge in [-0.1, -0.05) is 44.3 Å². The van der Waals surface area contributed by atoms with Crippen molar-refractivity contribution in [1.82, 2.24) is 0 Å². The van der Waals surface area contributed by atoms with Crippen LogP contribution in [0.5, 0.6) is 5.75 Å². The molecule has 0 amide bonds. The Kier molecular flexibility index (Phi) is 7.19. The van der Waals surface area contributed by atoms with Crippen molar-refractivity contribution in [1.29, 1.82) is 0 Å². The van der Waals surface area contributed by atoms with Crippen LogP contribution in [-0.4, -0.2) is 57.5 Å². The Hall–Kier alpha value is -3.39. The molecule has 8 nitrogen and oxygen atoms in total. The highest BCUT2D eigenvalue weighted by Crippen LogP contribution is 2.53. The standard InChI is InChI=1S/C32H39NO7/c1-16(10-18-8-6-5-7-9-18)11-20-14-23(33(3)4)22-13-19-12-21-15-24(35)25(17(2)34)30(38)32(21,40)31(39)26(19)29(37)27(22)28(20)36/h14,18-19,21,35-36,39-40H,1,5-13,15H2,2-4H3/t19-,21+,32-/m1/s1. The van der Waals surface area contributed by atoms with Gasteiger partial charge in [0, 0.05) is 43.3 Å². The molecule has 1 fully saturated rings. The number of hydrogen-bond acceptors (Lipinski definition) is 8. The van der Waals surface area contributed by atoms with E-state index in [1.54, 1.807) is 0 Å². The maximum Gasteiger partial charge on any atom is 0.209 e. The Morgan fingerprint density at radius 1 is 1.10 bits per heavy atom. The number of Topliss-reactive ketones (excluding diaryl/α,β-unsaturated/α-hetero) is 3. The Labute approximate surface area is 234 Å². The molecular weight excluding hydrogens is 510 g/mol. The Balaban J connectivity index is 1.56. The van der Waals surface area contributed by atoms with Crippen LogP contribution in [-0.2, 0) is 22.4 Å². The molecule has 214 valence electrons. The third kappa shape index (κ3) is 4.37. The fourth-order valence-corrected chi connectivity index (χ4v) is 7.51. The minimum atomic E-state index is -2.49. The molecule has 5 rings (SSSR count). The summed E-state index contributed by atoms with van der Waals surface area (Å²) in [5.74, 6) is -4.65. The predicted molar refractivity (Wildman–Crippen MR) is 151 cm³/mol. The molecule has 4 aliphatic carbocycles. The normalized spacial score (nSPS) is 26.8. The lowest BCUT2D eigenvalue weighted by atomic mass is 9.60. The Morgan fingerprint density at radius 2 is 1.77 bits per heavy atom. The maximum atomic E-state index is 14.0. The van der Waals surface area contributed by atoms with Crippen LogP contribution in [0.1, 0.15) is 79.8 Å². The van der Waals surface area contributed by atoms with Gasteiger partial charge in [0.05, 0.1) is 5.56 Å². The van der Waals surface area contributed by atoms with Gasteiger partial charge >= 0.3 is 0 Å². The molecule has 0 bridgehead atoms. The number of carbonyl (C=O) groups excluding carboxylic acids is 3. The average Bonchev–Trinajstić information content (AvgIpc) is 2.88. The molecule has 8 heteroatoms. The maximum absolute atomic E-state index is 14.0. The van der Waals surface area contributed by atoms with E-state index in [4.69, 9.17) is 0 Å². The predicted octanol–water partition coefficient (Wildman–Crippen LogP) is 4.82. The number of aliphatic hydroxyl groups excluding tert-OH is 2. The van der Waals surface area contributed by atoms with Crippen LogP contribution in [0.3, 0.4) is 0 Å². The van der Waals surface area contributed by atoms with Gasteiger partial charge < -0.3 is 25.3 Å². The summed E-state index contributed by atoms with van der Waals surface area (Å²) < 4.78 is 0. The second-order valence-corrected chi connectivity index (χ2v) is 12.4. The SMILES string of the molecule is C=C(Cc1cc(N(C)C)c2c(c1O)C(=O)C1=C(O)[C@]3(O)C(=O)C(C(C)=O)=C(O)C[C@@H]3C[C@@H]1C2)CC1CCCCC1. The van der Waals surface area contributed by atoms with Gasteiger partial charge in [0.25, 0.3) is 0 Å². The first-order chi connectivity index (χ1) is 18.9. The van der Waals surface area contributed by atoms with E-state index in [9.17, 15) is 34.8 Å². The molecule has 1 aromatic rings. The molecule has 0 aromatic heterocycles. The summed E-state index contributed by atoms with van der Waals surface area (Å²) in [6, 6.07) is 1.90. The van der Waals surface area contributed by atoms with Crippen molar-refractivity contribution in [2.45, 2.75) is 76.7 Å². The monoisotopic (exact) mass is 549 g/mol. The third-order valence-corrected chi connectivity index (χ3v) is 9.45. The van der Waals surface area contributed by atoms with Gasteiger partial charge in [-0.15, -0.1) is 0 Å². The number of nitrogens with zero attached hydrogens (tertiary/aromatic N) is 1. The number of anilines is 1. The first-order valence-electron chi connectivity index (χ1n) is 14.3. The lowest BCUT2D eigenvalue weighted by molar-refractivity contribution is -0.144. The molecular formula is C32H39NO7. The largest absolute Gasteiger partial charge is 0.511 e. The van der Waals surface area contributed by atoms with E-state index >= 15 is 0 Å². The summed E-state index contributed by atoms with van der Waals surface area (Å²) >= 11 is 0. The van der Waals surface area contributed by atoms with Crippen LogP contribution in [0.2, 0.25) is 0 Å². The van der Waals surface area contributed by atoms with E-state index < -0.39 is 51.9 Å². The van der Waals surface area contributed by atoms with Crippen molar-refractivity contribution >= 4 is 23.0 Å². The highest BCUT2D eigenvalue weighted by atomic mass is 16.3. The zero-order valence-corrected chi connectivity index (χ0v) is 23.5. The quantitative estimate of drug-likeness (QED) is 0.293. The molecule has 0 unspecified atom stereocenters. The number of phenolic OH excluding ortho intramolecular Hbond substituents is 1. The molecule has 0 aliphatic heterocycles. The summed E-state index contributed by atoms with van der Waals surface area (Å²) in [6.07, 6.45) is 7.62. The first-order valence-corrected chi connectivity index (χ1v) is 14.3. The van der Waals surface area contributed by atoms with E-state index in [1.807, 2.05) is 25.1 Å². The number of ketones is 3. The van der Waals surface area contributed by atoms with Crippen LogP contribution in [0, 0.1) is 17.8 Å². The molecule has 0 spiro atoms. The molecule has 4 aliphatic rings. The summed E-state index contributed by atoms with van der Waals surface area (Å²) in [5, 5.41) is 44.7. The number of hydrogen-bond donors (Lipinski definition) is 4. The van der Waals surface area contributed by atoms with Gasteiger partial charge in [-0.2, -0.15) is 0 Å². The fraction of sp³-hybridized carbons (Fsp3) is 0.531. The fourth-order valence-electron chi connectivity index (χ4n) is 7.51. The Morgan fingerprint density at radius 3 is 2.40 bits per heavy atom. The molecule has 40 heavy (non-hydrogen) atoms. The van der Waals surface area contributed by atoms with E-state index in [0.29, 0.717) is 29.9 Å². The van der Waals surface area contributed by atoms with E-state index in [-0.39, 0.29) is 29.7 Å². The lowest BCUT2D eigenvalue weighted by Gasteiger charge is -2.46. The molecule has 1 saturated carbocycles. The van der Waals surface area contributed by atoms with Gasteiger partial charge in [-0.05, 0) is 56.1 Å². The van der Waals surface area contributed by atoms with Crippen molar-refractivity contribution in [3.63, 3.8) is 0 Å². The van der Waals surface area contributed by atoms with E-state index in [2.05, 4.69) is 6.58 Å². The second kappa shape index (κ2) is 10.2. The molecule has 3 atom stereocenters. The van der Waals surface area contributed by atoms with Crippen LogP contribution in [0.25, 0.3) is 0 Å². The summed E-state index contributed by atoms with van der Waals surface area (Å²) in [7, 11) is 3.73. The number of aliphatic hydroxyl groups is 3. The van der Waals surface area contributed by atoms with Gasteiger partial charge in [0.15, 0.2) is 17.2 Å². The topological polar surface area (TPSA) is 135 Å². The molecule has 0 saturated heterocycles. The second-order valence-electron chi connectivity index (χ2n) is 12.4. The van der Waals surface area contributed by atoms with Crippen molar-refractivity contribution in [3.8, 4) is 5.75 Å². The van der Waals surface area contributed by atoms with Gasteiger partial charge in [0.2, 0.25) is 5.78 Å². The van der Waals surface area contributed by atoms with Crippen LogP contribution >= 0.6 is 0 Å². The molecule has 4 N–H and O–H groups in total. The van der Waals surface area contributed by atoms with E-state index in [1.165, 1.54) is 32.1 Å². The van der Waals surface area contributed by atoms with Crippen molar-refractivity contribution in [2.24, 2.45) is 17.8 Å². The van der Waals surface area contributed by atoms with Crippen molar-refractivity contribution in [2.75, 3.05) is 19.0 Å². The summed E-state index contributed by atoms with van der Waals surface area (Å²) in [6.45, 7) is 5.38. The average molecular weight is 550 g/mol. The number of aromatic hydroxyl groups is 1. The zero-order chi connectivity index (χ0) is 29.1. The van der Waals surface area contributed by atoms with Crippen molar-refractivity contribution < 1.29 is 34.8 Å². The minimum absolute atomic E-state index is 0.0694. The Bertz CT molecular complexity index is 1380. The molecule has 0 heterocycles. The highest BCUT2D eigenvalue weighted by molar-refractivity contribution is 6.25. The summed E-state index contributed by atoms with van der Waals surface area (Å²) in [5.41, 5.74) is -0.0941. The number of carbonyl (C=O) groups is 3. The first kappa shape index (κ1) is 28.1. The molecule has 1 aromatic carbocycles. The van der Waals surface area contributed by atoms with Crippen LogP contribution in [0.4, 0.5) is 5.69 Å². The third-order valence-electron chi connectivity index (χ3n) is 9.45. The van der Waals surface area contributed by atoms with Gasteiger partial charge in [-0.3, -0.25) is 14.4 Å². The molecule has 0 radical (unpaired) electrons. The zero-order valence-electron chi connectivity index (χ0n) is 23.5. The number of fused-ring (bicyclic) bond motifs is 3. The lowest BCUT2D eigenvalue weighted by Crippen LogP contribution is -2.56. The van der Waals surface area contributed by atoms with Crippen LogP contribution in [0.15, 0.2) is 40.9 Å². The van der Waals surface area contributed by atoms with E-state index in [0.717, 1.165) is 24.6 Å². The highest BCUT2D eigenvalue weighted by Gasteiger charge is 2.59. The number of phenols is 1. The number of benzene rings is 1. The van der Waals surface area contributed by atoms with Gasteiger partial charge in [-0.25, -0.2) is 0 Å². The minimum Gasteiger partial charge on any atom is -0.511 e. The van der Waals surface area contributed by atoms with Gasteiger partial charge in [0.1, 0.15) is 22.8 Å². The smallest absolute Gasteiger partial charge is 0.209 e. The van der Waals surface area contributed by atoms with Crippen LogP contribution < -0.4 is 4.90 Å². The summed E-state index contributed by atoms with van der Waals surface area (Å²) in [4.78, 5) is 41.3. The number of rotatable bonds is 6. The number of allylic oxidation sites excluding steroid dienone is 3. The van der Waals surface area contributed by atoms with Crippen molar-refractivity contribution in [3.05, 3.63) is 57.6 Å².